The molecule has 8 heteroatoms. The van der Waals surface area contributed by atoms with Gasteiger partial charge in [0.05, 0.1) is 12.7 Å². The van der Waals surface area contributed by atoms with Crippen molar-refractivity contribution in [1.82, 2.24) is 20.4 Å². The van der Waals surface area contributed by atoms with Gasteiger partial charge in [0.2, 0.25) is 11.8 Å². The second-order valence-corrected chi connectivity index (χ2v) is 6.25. The summed E-state index contributed by atoms with van der Waals surface area (Å²) in [6.07, 6.45) is 3.37. The summed E-state index contributed by atoms with van der Waals surface area (Å²) >= 11 is 3.41. The van der Waals surface area contributed by atoms with Gasteiger partial charge in [-0.3, -0.25) is 14.3 Å². The van der Waals surface area contributed by atoms with Crippen molar-refractivity contribution in [3.8, 4) is 0 Å². The lowest BCUT2D eigenvalue weighted by molar-refractivity contribution is -0.125. The van der Waals surface area contributed by atoms with Crippen molar-refractivity contribution in [2.45, 2.75) is 13.0 Å². The molecule has 1 aromatic heterocycles. The Morgan fingerprint density at radius 3 is 2.71 bits per heavy atom. The molecule has 24 heavy (non-hydrogen) atoms. The van der Waals surface area contributed by atoms with Gasteiger partial charge in [-0.05, 0) is 37.7 Å². The molecule has 0 aliphatic rings. The van der Waals surface area contributed by atoms with Crippen LogP contribution in [0.4, 0.5) is 5.69 Å². The van der Waals surface area contributed by atoms with E-state index in [0.29, 0.717) is 5.69 Å². The molecule has 1 heterocycles. The fourth-order valence-electron chi connectivity index (χ4n) is 2.24. The first-order valence-corrected chi connectivity index (χ1v) is 8.19. The van der Waals surface area contributed by atoms with Crippen molar-refractivity contribution >= 4 is 33.4 Å². The molecule has 0 saturated carbocycles. The van der Waals surface area contributed by atoms with Crippen LogP contribution in [0.2, 0.25) is 0 Å². The van der Waals surface area contributed by atoms with Crippen LogP contribution in [-0.2, 0) is 16.6 Å². The highest BCUT2D eigenvalue weighted by Crippen LogP contribution is 2.19. The van der Waals surface area contributed by atoms with Gasteiger partial charge in [0.15, 0.2) is 0 Å². The number of halogens is 1. The van der Waals surface area contributed by atoms with Crippen LogP contribution in [0.25, 0.3) is 0 Å². The predicted molar refractivity (Wildman–Crippen MR) is 95.5 cm³/mol. The lowest BCUT2D eigenvalue weighted by Crippen LogP contribution is -2.39. The Morgan fingerprint density at radius 2 is 2.12 bits per heavy atom. The number of anilines is 1. The zero-order chi connectivity index (χ0) is 17.7. The fraction of sp³-hybridized carbons (Fsp3) is 0.312. The van der Waals surface area contributed by atoms with Gasteiger partial charge >= 0.3 is 0 Å². The quantitative estimate of drug-likeness (QED) is 0.693. The molecule has 0 radical (unpaired) electrons. The first-order valence-electron chi connectivity index (χ1n) is 7.40. The Labute approximate surface area is 148 Å². The number of hydrogen-bond acceptors (Lipinski definition) is 4. The Balaban J connectivity index is 1.90. The Hall–Kier alpha value is -2.19. The SMILES string of the molecule is CNC(C(=O)NCC(=O)Nc1ccc(Br)c(C)c1)c1cnn(C)c1. The van der Waals surface area contributed by atoms with Gasteiger partial charge in [0.1, 0.15) is 6.04 Å². The molecule has 1 aromatic carbocycles. The van der Waals surface area contributed by atoms with Crippen LogP contribution >= 0.6 is 15.9 Å². The van der Waals surface area contributed by atoms with Crippen LogP contribution in [0.5, 0.6) is 0 Å². The Bertz CT molecular complexity index is 744. The van der Waals surface area contributed by atoms with Gasteiger partial charge in [-0.15, -0.1) is 0 Å². The summed E-state index contributed by atoms with van der Waals surface area (Å²) in [5.41, 5.74) is 2.44. The van der Waals surface area contributed by atoms with Crippen LogP contribution in [0.3, 0.4) is 0 Å². The fourth-order valence-corrected chi connectivity index (χ4v) is 2.48. The van der Waals surface area contributed by atoms with E-state index in [1.54, 1.807) is 37.2 Å². The zero-order valence-electron chi connectivity index (χ0n) is 13.8. The van der Waals surface area contributed by atoms with Crippen LogP contribution in [0.1, 0.15) is 17.2 Å². The molecular formula is C16H20BrN5O2. The van der Waals surface area contributed by atoms with Crippen molar-refractivity contribution < 1.29 is 9.59 Å². The van der Waals surface area contributed by atoms with Crippen molar-refractivity contribution in [2.75, 3.05) is 18.9 Å². The van der Waals surface area contributed by atoms with Gasteiger partial charge in [-0.2, -0.15) is 5.10 Å². The van der Waals surface area contributed by atoms with Gasteiger partial charge in [-0.1, -0.05) is 15.9 Å². The lowest BCUT2D eigenvalue weighted by Gasteiger charge is -2.14. The molecule has 1 atom stereocenters. The van der Waals surface area contributed by atoms with E-state index in [1.807, 2.05) is 19.1 Å². The van der Waals surface area contributed by atoms with Crippen LogP contribution in [-0.4, -0.2) is 35.2 Å². The molecule has 2 rings (SSSR count). The molecular weight excluding hydrogens is 374 g/mol. The highest BCUT2D eigenvalue weighted by Gasteiger charge is 2.20. The van der Waals surface area contributed by atoms with Crippen molar-refractivity contribution in [3.63, 3.8) is 0 Å². The van der Waals surface area contributed by atoms with E-state index in [2.05, 4.69) is 37.0 Å². The van der Waals surface area contributed by atoms with E-state index in [4.69, 9.17) is 0 Å². The number of benzene rings is 1. The minimum Gasteiger partial charge on any atom is -0.345 e. The molecule has 0 bridgehead atoms. The average Bonchev–Trinajstić information content (AvgIpc) is 2.96. The molecule has 7 nitrogen and oxygen atoms in total. The van der Waals surface area contributed by atoms with Crippen LogP contribution in [0.15, 0.2) is 35.1 Å². The Kier molecular flexibility index (Phi) is 6.10. The average molecular weight is 394 g/mol. The molecule has 0 saturated heterocycles. The third-order valence-electron chi connectivity index (χ3n) is 3.47. The molecule has 0 spiro atoms. The summed E-state index contributed by atoms with van der Waals surface area (Å²) in [7, 11) is 3.46. The van der Waals surface area contributed by atoms with E-state index in [0.717, 1.165) is 15.6 Å². The monoisotopic (exact) mass is 393 g/mol. The third-order valence-corrected chi connectivity index (χ3v) is 4.36. The van der Waals surface area contributed by atoms with Gasteiger partial charge < -0.3 is 16.0 Å². The van der Waals surface area contributed by atoms with E-state index in [-0.39, 0.29) is 18.4 Å². The van der Waals surface area contributed by atoms with Gasteiger partial charge in [0.25, 0.3) is 0 Å². The van der Waals surface area contributed by atoms with Crippen molar-refractivity contribution in [1.29, 1.82) is 0 Å². The standard InChI is InChI=1S/C16H20BrN5O2/c1-10-6-12(4-5-13(10)17)21-14(23)8-19-16(24)15(18-2)11-7-20-22(3)9-11/h4-7,9,15,18H,8H2,1-3H3,(H,19,24)(H,21,23). The molecule has 0 aliphatic heterocycles. The molecule has 2 aromatic rings. The number of nitrogens with one attached hydrogen (secondary N) is 3. The maximum atomic E-state index is 12.2. The van der Waals surface area contributed by atoms with E-state index in [1.165, 1.54) is 0 Å². The maximum Gasteiger partial charge on any atom is 0.243 e. The molecule has 3 N–H and O–H groups in total. The first kappa shape index (κ1) is 18.2. The van der Waals surface area contributed by atoms with Gasteiger partial charge in [-0.25, -0.2) is 0 Å². The maximum absolute atomic E-state index is 12.2. The van der Waals surface area contributed by atoms with Crippen LogP contribution < -0.4 is 16.0 Å². The number of carbonyl (C=O) groups excluding carboxylic acids is 2. The highest BCUT2D eigenvalue weighted by atomic mass is 79.9. The number of aryl methyl sites for hydroxylation is 2. The predicted octanol–water partition coefficient (Wildman–Crippen LogP) is 1.51. The summed E-state index contributed by atoms with van der Waals surface area (Å²) < 4.78 is 2.59. The van der Waals surface area contributed by atoms with Crippen LogP contribution in [0, 0.1) is 6.92 Å². The molecule has 128 valence electrons. The number of amides is 2. The van der Waals surface area contributed by atoms with Crippen molar-refractivity contribution in [3.05, 3.63) is 46.2 Å². The number of nitrogens with zero attached hydrogens (tertiary/aromatic N) is 2. The number of likely N-dealkylation sites (N-methyl/N-ethyl adjacent to an activating group) is 1. The normalized spacial score (nSPS) is 11.8. The zero-order valence-corrected chi connectivity index (χ0v) is 15.3. The smallest absolute Gasteiger partial charge is 0.243 e. The number of hydrogen-bond donors (Lipinski definition) is 3. The number of rotatable bonds is 6. The Morgan fingerprint density at radius 1 is 1.38 bits per heavy atom. The summed E-state index contributed by atoms with van der Waals surface area (Å²) in [6, 6.07) is 4.96. The molecule has 0 fully saturated rings. The highest BCUT2D eigenvalue weighted by molar-refractivity contribution is 9.10. The molecule has 1 unspecified atom stereocenters. The topological polar surface area (TPSA) is 88.1 Å². The minimum absolute atomic E-state index is 0.105. The summed E-state index contributed by atoms with van der Waals surface area (Å²) in [5, 5.41) is 12.3. The summed E-state index contributed by atoms with van der Waals surface area (Å²) in [5.74, 6) is -0.571. The van der Waals surface area contributed by atoms with Gasteiger partial charge in [0, 0.05) is 29.0 Å². The van der Waals surface area contributed by atoms with E-state index >= 15 is 0 Å². The first-order chi connectivity index (χ1) is 11.4. The second kappa shape index (κ2) is 8.07. The molecule has 0 aliphatic carbocycles. The number of carbonyl (C=O) groups is 2. The minimum atomic E-state index is -0.554. The lowest BCUT2D eigenvalue weighted by atomic mass is 10.1. The largest absolute Gasteiger partial charge is 0.345 e. The second-order valence-electron chi connectivity index (χ2n) is 5.40. The van der Waals surface area contributed by atoms with Crippen molar-refractivity contribution in [2.24, 2.45) is 7.05 Å². The van der Waals surface area contributed by atoms with E-state index < -0.39 is 6.04 Å². The summed E-state index contributed by atoms with van der Waals surface area (Å²) in [4.78, 5) is 24.2. The summed E-state index contributed by atoms with van der Waals surface area (Å²) in [6.45, 7) is 1.83. The number of aromatic nitrogens is 2. The van der Waals surface area contributed by atoms with E-state index in [9.17, 15) is 9.59 Å². The third kappa shape index (κ3) is 4.65. The molecule has 2 amide bonds.